The summed E-state index contributed by atoms with van der Waals surface area (Å²) in [6.07, 6.45) is -0.919. The van der Waals surface area contributed by atoms with Crippen molar-refractivity contribution in [3.05, 3.63) is 88.4 Å². The van der Waals surface area contributed by atoms with Crippen LogP contribution in [0.4, 0.5) is 4.79 Å². The topological polar surface area (TPSA) is 133 Å². The van der Waals surface area contributed by atoms with Crippen LogP contribution in [-0.2, 0) is 21.2 Å². The van der Waals surface area contributed by atoms with Crippen molar-refractivity contribution in [3.63, 3.8) is 0 Å². The van der Waals surface area contributed by atoms with Crippen molar-refractivity contribution >= 4 is 45.4 Å². The molecule has 0 radical (unpaired) electrons. The van der Waals surface area contributed by atoms with Gasteiger partial charge in [0.15, 0.2) is 0 Å². The molecule has 0 saturated carbocycles. The van der Waals surface area contributed by atoms with Crippen molar-refractivity contribution in [1.82, 2.24) is 9.62 Å². The number of ether oxygens (including phenoxy) is 1. The van der Waals surface area contributed by atoms with E-state index in [0.29, 0.717) is 28.4 Å². The lowest BCUT2D eigenvalue weighted by Crippen LogP contribution is -2.40. The largest absolute Gasteiger partial charge is 0.444 e. The van der Waals surface area contributed by atoms with Crippen LogP contribution in [-0.4, -0.2) is 71.8 Å². The molecule has 0 saturated heterocycles. The Bertz CT molecular complexity index is 1590. The molecule has 12 heteroatoms. The van der Waals surface area contributed by atoms with Gasteiger partial charge in [-0.3, -0.25) is 4.79 Å². The molecule has 0 aliphatic heterocycles. The second-order valence-electron chi connectivity index (χ2n) is 12.1. The zero-order valence-corrected chi connectivity index (χ0v) is 29.2. The summed E-state index contributed by atoms with van der Waals surface area (Å²) in [6.45, 7) is 9.41. The number of nitrogens with zero attached hydrogens (tertiary/aromatic N) is 1. The van der Waals surface area contributed by atoms with E-state index in [-0.39, 0.29) is 36.1 Å². The highest BCUT2D eigenvalue weighted by Crippen LogP contribution is 2.32. The summed E-state index contributed by atoms with van der Waals surface area (Å²) in [4.78, 5) is 28.1. The summed E-state index contributed by atoms with van der Waals surface area (Å²) in [5.74, 6) is -1.05. The first-order valence-electron chi connectivity index (χ1n) is 15.0. The van der Waals surface area contributed by atoms with Gasteiger partial charge < -0.3 is 19.8 Å². The van der Waals surface area contributed by atoms with E-state index in [1.807, 2.05) is 44.2 Å². The zero-order chi connectivity index (χ0) is 34.1. The van der Waals surface area contributed by atoms with Crippen LogP contribution in [0.3, 0.4) is 0 Å². The first-order chi connectivity index (χ1) is 21.6. The van der Waals surface area contributed by atoms with Crippen LogP contribution in [0.2, 0.25) is 5.02 Å². The summed E-state index contributed by atoms with van der Waals surface area (Å²) < 4.78 is 32.2. The molecule has 0 spiro atoms. The molecule has 9 nitrogen and oxygen atoms in total. The Kier molecular flexibility index (Phi) is 13.5. The highest BCUT2D eigenvalue weighted by Gasteiger charge is 2.25. The van der Waals surface area contributed by atoms with Gasteiger partial charge in [0, 0.05) is 28.3 Å². The van der Waals surface area contributed by atoms with Crippen LogP contribution in [0.15, 0.2) is 71.6 Å². The molecule has 46 heavy (non-hydrogen) atoms. The van der Waals surface area contributed by atoms with Gasteiger partial charge in [0.2, 0.25) is 10.0 Å². The number of aliphatic hydroxyl groups is 2. The lowest BCUT2D eigenvalue weighted by molar-refractivity contribution is 0.0147. The van der Waals surface area contributed by atoms with Gasteiger partial charge in [-0.05, 0) is 80.1 Å². The van der Waals surface area contributed by atoms with E-state index in [1.165, 1.54) is 16.7 Å². The number of nitrogens with one attached hydrogen (secondary N) is 1. The number of halogens is 1. The molecule has 0 heterocycles. The number of thioether (sulfide) groups is 1. The Hall–Kier alpha value is -3.09. The van der Waals surface area contributed by atoms with Crippen molar-refractivity contribution in [2.24, 2.45) is 0 Å². The third-order valence-electron chi connectivity index (χ3n) is 6.64. The van der Waals surface area contributed by atoms with Gasteiger partial charge in [0.1, 0.15) is 5.60 Å². The zero-order valence-electron chi connectivity index (χ0n) is 26.8. The first kappa shape index (κ1) is 37.4. The summed E-state index contributed by atoms with van der Waals surface area (Å²) in [5.41, 5.74) is 2.89. The second kappa shape index (κ2) is 16.6. The molecule has 0 unspecified atom stereocenters. The highest BCUT2D eigenvalue weighted by atomic mass is 35.5. The predicted molar refractivity (Wildman–Crippen MR) is 184 cm³/mol. The van der Waals surface area contributed by atoms with Gasteiger partial charge in [-0.1, -0.05) is 67.9 Å². The second-order valence-corrected chi connectivity index (χ2v) is 16.0. The lowest BCUT2D eigenvalue weighted by atomic mass is 10.0. The third kappa shape index (κ3) is 11.9. The number of hydrogen-bond donors (Lipinski definition) is 3. The number of sulfonamides is 1. The summed E-state index contributed by atoms with van der Waals surface area (Å²) in [7, 11) is -3.87. The van der Waals surface area contributed by atoms with Gasteiger partial charge in [0.05, 0.1) is 24.0 Å². The van der Waals surface area contributed by atoms with Gasteiger partial charge in [0.25, 0.3) is 5.91 Å². The molecular weight excluding hydrogens is 648 g/mol. The third-order valence-corrected chi connectivity index (χ3v) is 9.27. The number of rotatable bonds is 14. The highest BCUT2D eigenvalue weighted by molar-refractivity contribution is 8.00. The molecular formula is C34H43ClN2O7S2. The molecule has 3 aromatic rings. The summed E-state index contributed by atoms with van der Waals surface area (Å²) in [5, 5.41) is 20.5. The van der Waals surface area contributed by atoms with Gasteiger partial charge in [-0.2, -0.15) is 0 Å². The Morgan fingerprint density at radius 1 is 1.02 bits per heavy atom. The molecule has 0 aliphatic rings. The number of hydrogen-bond acceptors (Lipinski definition) is 8. The van der Waals surface area contributed by atoms with E-state index in [9.17, 15) is 23.1 Å². The number of amides is 2. The maximum atomic E-state index is 13.1. The SMILES string of the molecule is CC(C)Sc1cc(-c2ccc(CCN(C[C@H](O)c3cccc(Cl)c3)C(=O)OC(C)(C)C)cc2)ccc1C(=O)NS(=O)(=O)CCCO. The van der Waals surface area contributed by atoms with Gasteiger partial charge in [-0.15, -0.1) is 11.8 Å². The molecule has 3 rings (SSSR count). The average Bonchev–Trinajstić information content (AvgIpc) is 2.97. The van der Waals surface area contributed by atoms with Crippen molar-refractivity contribution in [3.8, 4) is 11.1 Å². The predicted octanol–water partition coefficient (Wildman–Crippen LogP) is 6.46. The van der Waals surface area contributed by atoms with Crippen molar-refractivity contribution in [2.75, 3.05) is 25.4 Å². The van der Waals surface area contributed by atoms with E-state index in [1.54, 1.807) is 57.2 Å². The van der Waals surface area contributed by atoms with E-state index in [0.717, 1.165) is 16.7 Å². The summed E-state index contributed by atoms with van der Waals surface area (Å²) in [6, 6.07) is 20.0. The standard InChI is InChI=1S/C34H43ClN2O7S2/c1-23(2)45-31-21-26(14-15-29(31)32(40)36-46(42,43)19-7-18-38)25-12-10-24(11-13-25)16-17-37(33(41)44-34(3,4)5)22-30(39)27-8-6-9-28(35)20-27/h6,8-15,20-21,23,30,38-39H,7,16-19,22H2,1-5H3,(H,36,40)/t30-/m0/s1. The number of benzene rings is 3. The van der Waals surface area contributed by atoms with Gasteiger partial charge >= 0.3 is 6.09 Å². The molecule has 0 aliphatic carbocycles. The van der Waals surface area contributed by atoms with Crippen LogP contribution in [0.5, 0.6) is 0 Å². The maximum Gasteiger partial charge on any atom is 0.410 e. The van der Waals surface area contributed by atoms with E-state index < -0.39 is 33.7 Å². The van der Waals surface area contributed by atoms with Crippen LogP contribution in [0.25, 0.3) is 11.1 Å². The Morgan fingerprint density at radius 2 is 1.70 bits per heavy atom. The average molecular weight is 691 g/mol. The minimum Gasteiger partial charge on any atom is -0.444 e. The van der Waals surface area contributed by atoms with Crippen LogP contribution >= 0.6 is 23.4 Å². The number of carbonyl (C=O) groups is 2. The van der Waals surface area contributed by atoms with E-state index in [2.05, 4.69) is 4.72 Å². The molecule has 0 bridgehead atoms. The lowest BCUT2D eigenvalue weighted by Gasteiger charge is -2.29. The summed E-state index contributed by atoms with van der Waals surface area (Å²) >= 11 is 7.56. The van der Waals surface area contributed by atoms with Crippen LogP contribution in [0, 0.1) is 0 Å². The fourth-order valence-electron chi connectivity index (χ4n) is 4.48. The van der Waals surface area contributed by atoms with E-state index >= 15 is 0 Å². The van der Waals surface area contributed by atoms with Crippen LogP contribution in [0.1, 0.15) is 68.6 Å². The minimum absolute atomic E-state index is 0.0340. The smallest absolute Gasteiger partial charge is 0.410 e. The quantitative estimate of drug-likeness (QED) is 0.164. The number of carbonyl (C=O) groups excluding carboxylic acids is 2. The normalized spacial score (nSPS) is 12.5. The minimum atomic E-state index is -3.87. The first-order valence-corrected chi connectivity index (χ1v) is 17.9. The molecule has 2 amide bonds. The van der Waals surface area contributed by atoms with Crippen molar-refractivity contribution in [1.29, 1.82) is 0 Å². The van der Waals surface area contributed by atoms with Crippen molar-refractivity contribution in [2.45, 2.75) is 69.3 Å². The molecule has 0 fully saturated rings. The Labute approximate surface area is 281 Å². The Balaban J connectivity index is 1.77. The monoisotopic (exact) mass is 690 g/mol. The van der Waals surface area contributed by atoms with E-state index in [4.69, 9.17) is 21.4 Å². The van der Waals surface area contributed by atoms with Gasteiger partial charge in [-0.25, -0.2) is 17.9 Å². The molecule has 3 N–H and O–H groups in total. The molecule has 3 aromatic carbocycles. The molecule has 1 atom stereocenters. The number of aliphatic hydroxyl groups excluding tert-OH is 2. The van der Waals surface area contributed by atoms with Crippen molar-refractivity contribution < 1.29 is 33.0 Å². The van der Waals surface area contributed by atoms with Crippen LogP contribution < -0.4 is 4.72 Å². The molecule has 250 valence electrons. The maximum absolute atomic E-state index is 13.1. The fourth-order valence-corrected chi connectivity index (χ4v) is 6.68. The fraction of sp³-hybridized carbons (Fsp3) is 0.412. The molecule has 0 aromatic heterocycles. The Morgan fingerprint density at radius 3 is 2.30 bits per heavy atom.